The molecule has 20 heavy (non-hydrogen) atoms. The van der Waals surface area contributed by atoms with Crippen LogP contribution in [0.4, 0.5) is 0 Å². The average molecular weight is 369 g/mol. The highest BCUT2D eigenvalue weighted by Crippen LogP contribution is 2.00. The Balaban J connectivity index is 3.19. The zero-order valence-electron chi connectivity index (χ0n) is 10.8. The summed E-state index contributed by atoms with van der Waals surface area (Å²) in [4.78, 5) is 34.5. The van der Waals surface area contributed by atoms with Crippen molar-refractivity contribution in [2.24, 2.45) is 0 Å². The molecule has 1 aromatic rings. The van der Waals surface area contributed by atoms with E-state index in [-0.39, 0.29) is 23.5 Å². The van der Waals surface area contributed by atoms with Crippen LogP contribution in [0.15, 0.2) is 20.3 Å². The fourth-order valence-electron chi connectivity index (χ4n) is 1.33. The zero-order chi connectivity index (χ0) is 15.5. The van der Waals surface area contributed by atoms with E-state index in [1.54, 1.807) is 0 Å². The van der Waals surface area contributed by atoms with Crippen LogP contribution in [0.25, 0.3) is 0 Å². The third-order valence-corrected chi connectivity index (χ3v) is 3.76. The number of hydrogen-bond donors (Lipinski definition) is 0. The molecule has 0 N–H and O–H groups in total. The molecule has 1 heterocycles. The van der Waals surface area contributed by atoms with Crippen molar-refractivity contribution in [2.45, 2.75) is 20.2 Å². The van der Waals surface area contributed by atoms with Gasteiger partial charge in [-0.1, -0.05) is 0 Å². The predicted molar refractivity (Wildman–Crippen MR) is 74.1 cm³/mol. The highest BCUT2D eigenvalue weighted by atomic mass is 79.9. The monoisotopic (exact) mass is 368 g/mol. The van der Waals surface area contributed by atoms with Crippen LogP contribution < -0.4 is 11.2 Å². The van der Waals surface area contributed by atoms with Crippen LogP contribution in [-0.2, 0) is 32.6 Å². The summed E-state index contributed by atoms with van der Waals surface area (Å²) in [6.45, 7) is 0.557. The van der Waals surface area contributed by atoms with Crippen LogP contribution in [0.5, 0.6) is 0 Å². The van der Waals surface area contributed by atoms with Gasteiger partial charge >= 0.3 is 11.7 Å². The van der Waals surface area contributed by atoms with E-state index in [4.69, 9.17) is 0 Å². The molecule has 0 bridgehead atoms. The third-order valence-electron chi connectivity index (χ3n) is 2.29. The molecule has 0 saturated heterocycles. The largest absolute Gasteiger partial charge is 0.444 e. The van der Waals surface area contributed by atoms with Crippen LogP contribution in [0.3, 0.4) is 0 Å². The van der Waals surface area contributed by atoms with Gasteiger partial charge in [-0.3, -0.25) is 18.7 Å². The fourth-order valence-corrected chi connectivity index (χ4v) is 2.30. The van der Waals surface area contributed by atoms with E-state index in [0.29, 0.717) is 0 Å². The number of ether oxygens (including phenoxy) is 1. The summed E-state index contributed by atoms with van der Waals surface area (Å²) in [5.74, 6) is -0.923. The second kappa shape index (κ2) is 6.35. The SMILES string of the molecule is CC(=O)OCn1cc(Br)c(=O)n(CCS(C)(=O)=O)c1=O. The minimum absolute atomic E-state index is 0.0674. The number of nitrogens with zero attached hydrogens (tertiary/aromatic N) is 2. The van der Waals surface area contributed by atoms with Gasteiger partial charge in [-0.25, -0.2) is 13.2 Å². The Morgan fingerprint density at radius 3 is 2.50 bits per heavy atom. The number of hydrogen-bond acceptors (Lipinski definition) is 6. The molecule has 0 aliphatic rings. The number of aromatic nitrogens is 2. The summed E-state index contributed by atoms with van der Waals surface area (Å²) in [6.07, 6.45) is 2.19. The summed E-state index contributed by atoms with van der Waals surface area (Å²) in [5, 5.41) is 0. The summed E-state index contributed by atoms with van der Waals surface area (Å²) in [5.41, 5.74) is -1.39. The quantitative estimate of drug-likeness (QED) is 0.638. The van der Waals surface area contributed by atoms with Crippen molar-refractivity contribution in [1.82, 2.24) is 9.13 Å². The topological polar surface area (TPSA) is 104 Å². The van der Waals surface area contributed by atoms with E-state index in [1.807, 2.05) is 0 Å². The van der Waals surface area contributed by atoms with Gasteiger partial charge in [0.15, 0.2) is 6.73 Å². The normalized spacial score (nSPS) is 11.3. The average Bonchev–Trinajstić information content (AvgIpc) is 2.30. The minimum atomic E-state index is -3.32. The molecule has 0 unspecified atom stereocenters. The van der Waals surface area contributed by atoms with Crippen molar-refractivity contribution < 1.29 is 17.9 Å². The lowest BCUT2D eigenvalue weighted by atomic mass is 10.6. The fraction of sp³-hybridized carbons (Fsp3) is 0.500. The van der Waals surface area contributed by atoms with E-state index in [2.05, 4.69) is 20.7 Å². The van der Waals surface area contributed by atoms with Gasteiger partial charge in [0.25, 0.3) is 5.56 Å². The molecule has 10 heteroatoms. The van der Waals surface area contributed by atoms with E-state index in [1.165, 1.54) is 13.1 Å². The Morgan fingerprint density at radius 2 is 2.00 bits per heavy atom. The number of rotatable bonds is 5. The molecular formula is C10H13BrN2O6S. The van der Waals surface area contributed by atoms with Gasteiger partial charge in [0.2, 0.25) is 0 Å². The van der Waals surface area contributed by atoms with Gasteiger partial charge in [-0.05, 0) is 15.9 Å². The molecule has 0 aliphatic heterocycles. The van der Waals surface area contributed by atoms with Crippen molar-refractivity contribution in [1.29, 1.82) is 0 Å². The summed E-state index contributed by atoms with van der Waals surface area (Å²) < 4.78 is 28.7. The molecule has 0 fully saturated rings. The lowest BCUT2D eigenvalue weighted by Crippen LogP contribution is -2.41. The Hall–Kier alpha value is -1.42. The summed E-state index contributed by atoms with van der Waals surface area (Å²) in [6, 6.07) is 0. The second-order valence-corrected chi connectivity index (χ2v) is 7.20. The third kappa shape index (κ3) is 4.60. The number of carbonyl (C=O) groups is 1. The van der Waals surface area contributed by atoms with Crippen LogP contribution >= 0.6 is 15.9 Å². The number of sulfone groups is 1. The van der Waals surface area contributed by atoms with Crippen molar-refractivity contribution in [2.75, 3.05) is 12.0 Å². The minimum Gasteiger partial charge on any atom is -0.444 e. The van der Waals surface area contributed by atoms with Crippen molar-refractivity contribution in [3.63, 3.8) is 0 Å². The molecule has 0 saturated carbocycles. The zero-order valence-corrected chi connectivity index (χ0v) is 13.2. The predicted octanol–water partition coefficient (Wildman–Crippen LogP) is -0.662. The molecular weight excluding hydrogens is 356 g/mol. The van der Waals surface area contributed by atoms with Gasteiger partial charge in [0.05, 0.1) is 10.2 Å². The molecule has 112 valence electrons. The van der Waals surface area contributed by atoms with Crippen LogP contribution in [-0.4, -0.2) is 35.5 Å². The Labute approximate surface area is 123 Å². The van der Waals surface area contributed by atoms with E-state index in [9.17, 15) is 22.8 Å². The Kier molecular flexibility index (Phi) is 5.28. The van der Waals surface area contributed by atoms with Crippen LogP contribution in [0, 0.1) is 0 Å². The van der Waals surface area contributed by atoms with Gasteiger partial charge in [-0.2, -0.15) is 0 Å². The highest BCUT2D eigenvalue weighted by molar-refractivity contribution is 9.10. The molecule has 0 radical (unpaired) electrons. The molecule has 0 spiro atoms. The van der Waals surface area contributed by atoms with Crippen molar-refractivity contribution in [3.8, 4) is 0 Å². The molecule has 0 aliphatic carbocycles. The number of esters is 1. The smallest absolute Gasteiger partial charge is 0.333 e. The molecule has 0 amide bonds. The number of carbonyl (C=O) groups excluding carboxylic acids is 1. The van der Waals surface area contributed by atoms with Gasteiger partial charge in [-0.15, -0.1) is 0 Å². The van der Waals surface area contributed by atoms with Crippen LogP contribution in [0.2, 0.25) is 0 Å². The first-order valence-corrected chi connectivity index (χ1v) is 8.28. The maximum absolute atomic E-state index is 12.0. The Bertz CT molecular complexity index is 733. The highest BCUT2D eigenvalue weighted by Gasteiger charge is 2.12. The van der Waals surface area contributed by atoms with E-state index >= 15 is 0 Å². The first-order chi connectivity index (χ1) is 9.11. The van der Waals surface area contributed by atoms with Gasteiger partial charge in [0, 0.05) is 25.9 Å². The van der Waals surface area contributed by atoms with Crippen molar-refractivity contribution >= 4 is 31.7 Å². The molecule has 1 rings (SSSR count). The molecule has 8 nitrogen and oxygen atoms in total. The molecule has 0 atom stereocenters. The lowest BCUT2D eigenvalue weighted by Gasteiger charge is -2.10. The maximum atomic E-state index is 12.0. The maximum Gasteiger partial charge on any atom is 0.333 e. The standard InChI is InChI=1S/C10H13BrN2O6S/c1-7(14)19-6-12-5-8(11)9(15)13(10(12)16)3-4-20(2,17)18/h5H,3-4,6H2,1-2H3. The van der Waals surface area contributed by atoms with E-state index in [0.717, 1.165) is 15.4 Å². The van der Waals surface area contributed by atoms with E-state index < -0.39 is 27.1 Å². The van der Waals surface area contributed by atoms with Gasteiger partial charge < -0.3 is 4.74 Å². The van der Waals surface area contributed by atoms with Crippen molar-refractivity contribution in [3.05, 3.63) is 31.5 Å². The van der Waals surface area contributed by atoms with Crippen LogP contribution in [0.1, 0.15) is 6.92 Å². The summed E-state index contributed by atoms with van der Waals surface area (Å²) in [7, 11) is -3.32. The number of halogens is 1. The lowest BCUT2D eigenvalue weighted by molar-refractivity contribution is -0.144. The first-order valence-electron chi connectivity index (χ1n) is 5.42. The molecule has 1 aromatic heterocycles. The Morgan fingerprint density at radius 1 is 1.40 bits per heavy atom. The first kappa shape index (κ1) is 16.6. The summed E-state index contributed by atoms with van der Waals surface area (Å²) >= 11 is 2.98. The molecule has 0 aromatic carbocycles. The second-order valence-electron chi connectivity index (χ2n) is 4.08. The van der Waals surface area contributed by atoms with Gasteiger partial charge in [0.1, 0.15) is 9.84 Å².